The molecule has 3 nitrogen and oxygen atoms in total. The average molecular weight is 224 g/mol. The maximum Gasteiger partial charge on any atom is 0.161 e. The predicted octanol–water partition coefficient (Wildman–Crippen LogP) is 2.58. The molecule has 0 heterocycles. The van der Waals surface area contributed by atoms with Crippen LogP contribution in [-0.2, 0) is 0 Å². The van der Waals surface area contributed by atoms with Crippen molar-refractivity contribution in [2.24, 2.45) is 0 Å². The normalized spacial score (nSPS) is 12.6. The zero-order valence-electron chi connectivity index (χ0n) is 10.4. The molecule has 0 saturated heterocycles. The molecule has 0 saturated carbocycles. The van der Waals surface area contributed by atoms with Gasteiger partial charge in [-0.3, -0.25) is 0 Å². The van der Waals surface area contributed by atoms with Crippen LogP contribution in [0.25, 0.3) is 0 Å². The van der Waals surface area contributed by atoms with Crippen LogP contribution in [0.1, 0.15) is 32.3 Å². The fourth-order valence-electron chi connectivity index (χ4n) is 1.37. The summed E-state index contributed by atoms with van der Waals surface area (Å²) in [6.07, 6.45) is -0.477. The average Bonchev–Trinajstić information content (AvgIpc) is 2.25. The summed E-state index contributed by atoms with van der Waals surface area (Å²) in [5.74, 6) is 1.85. The Morgan fingerprint density at radius 1 is 1.19 bits per heavy atom. The van der Waals surface area contributed by atoms with Crippen molar-refractivity contribution in [3.63, 3.8) is 0 Å². The van der Waals surface area contributed by atoms with Crippen LogP contribution in [0.4, 0.5) is 0 Å². The van der Waals surface area contributed by atoms with Gasteiger partial charge >= 0.3 is 0 Å². The highest BCUT2D eigenvalue weighted by Crippen LogP contribution is 2.30. The molecule has 1 aromatic rings. The summed E-state index contributed by atoms with van der Waals surface area (Å²) in [6, 6.07) is 5.88. The number of ether oxygens (including phenoxy) is 2. The quantitative estimate of drug-likeness (QED) is 0.835. The molecule has 1 atom stereocenters. The number of benzene rings is 1. The first kappa shape index (κ1) is 12.8. The summed E-state index contributed by atoms with van der Waals surface area (Å²) in [5.41, 5.74) is 1.21. The van der Waals surface area contributed by atoms with Gasteiger partial charge in [0.25, 0.3) is 0 Å². The van der Waals surface area contributed by atoms with Gasteiger partial charge in [-0.25, -0.2) is 0 Å². The van der Waals surface area contributed by atoms with Crippen molar-refractivity contribution >= 4 is 0 Å². The van der Waals surface area contributed by atoms with Gasteiger partial charge in [0.05, 0.1) is 13.2 Å². The van der Waals surface area contributed by atoms with E-state index in [9.17, 15) is 0 Å². The maximum atomic E-state index is 9.15. The van der Waals surface area contributed by atoms with Gasteiger partial charge in [-0.2, -0.15) is 0 Å². The molecule has 1 aromatic carbocycles. The lowest BCUT2D eigenvalue weighted by Crippen LogP contribution is -2.13. The second kappa shape index (κ2) is 5.75. The Morgan fingerprint density at radius 3 is 2.38 bits per heavy atom. The highest BCUT2D eigenvalue weighted by atomic mass is 16.5. The topological polar surface area (TPSA) is 38.7 Å². The van der Waals surface area contributed by atoms with Crippen LogP contribution >= 0.6 is 0 Å². The molecular weight excluding hydrogens is 204 g/mol. The molecular formula is C13H20O3. The van der Waals surface area contributed by atoms with Crippen LogP contribution in [0.15, 0.2) is 18.2 Å². The molecule has 1 rings (SSSR count). The third-order valence-electron chi connectivity index (χ3n) is 2.33. The summed E-state index contributed by atoms with van der Waals surface area (Å²) in [6.45, 7) is 6.22. The van der Waals surface area contributed by atoms with Crippen molar-refractivity contribution in [3.05, 3.63) is 23.8 Å². The van der Waals surface area contributed by atoms with E-state index in [1.54, 1.807) is 14.0 Å². The Hall–Kier alpha value is -1.22. The van der Waals surface area contributed by atoms with E-state index in [0.717, 1.165) is 0 Å². The zero-order chi connectivity index (χ0) is 12.1. The van der Waals surface area contributed by atoms with E-state index >= 15 is 0 Å². The Morgan fingerprint density at radius 2 is 1.88 bits per heavy atom. The SMILES string of the molecule is COc1cc(C(C)C)ccc1OCC(C)O. The third-order valence-corrected chi connectivity index (χ3v) is 2.33. The summed E-state index contributed by atoms with van der Waals surface area (Å²) >= 11 is 0. The van der Waals surface area contributed by atoms with Crippen molar-refractivity contribution in [2.45, 2.75) is 32.8 Å². The predicted molar refractivity (Wildman–Crippen MR) is 64.3 cm³/mol. The molecule has 16 heavy (non-hydrogen) atoms. The van der Waals surface area contributed by atoms with Gasteiger partial charge in [-0.05, 0) is 30.5 Å². The summed E-state index contributed by atoms with van der Waals surface area (Å²) in [5, 5.41) is 9.15. The van der Waals surface area contributed by atoms with Crippen LogP contribution in [0, 0.1) is 0 Å². The molecule has 0 aliphatic carbocycles. The van der Waals surface area contributed by atoms with Gasteiger partial charge in [0, 0.05) is 0 Å². The second-order valence-corrected chi connectivity index (χ2v) is 4.23. The minimum atomic E-state index is -0.477. The van der Waals surface area contributed by atoms with E-state index in [2.05, 4.69) is 13.8 Å². The molecule has 0 aromatic heterocycles. The van der Waals surface area contributed by atoms with E-state index in [0.29, 0.717) is 17.4 Å². The van der Waals surface area contributed by atoms with E-state index in [4.69, 9.17) is 14.6 Å². The van der Waals surface area contributed by atoms with E-state index in [1.165, 1.54) is 5.56 Å². The first-order valence-corrected chi connectivity index (χ1v) is 5.53. The van der Waals surface area contributed by atoms with Crippen molar-refractivity contribution < 1.29 is 14.6 Å². The summed E-state index contributed by atoms with van der Waals surface area (Å²) < 4.78 is 10.7. The molecule has 1 N–H and O–H groups in total. The second-order valence-electron chi connectivity index (χ2n) is 4.23. The van der Waals surface area contributed by atoms with Crippen LogP contribution < -0.4 is 9.47 Å². The maximum absolute atomic E-state index is 9.15. The van der Waals surface area contributed by atoms with Gasteiger partial charge < -0.3 is 14.6 Å². The van der Waals surface area contributed by atoms with Crippen LogP contribution in [0.3, 0.4) is 0 Å². The highest BCUT2D eigenvalue weighted by Gasteiger charge is 2.08. The van der Waals surface area contributed by atoms with Crippen molar-refractivity contribution in [1.29, 1.82) is 0 Å². The fourth-order valence-corrected chi connectivity index (χ4v) is 1.37. The highest BCUT2D eigenvalue weighted by molar-refractivity contribution is 5.43. The molecule has 90 valence electrons. The number of rotatable bonds is 5. The first-order chi connectivity index (χ1) is 7.54. The van der Waals surface area contributed by atoms with Gasteiger partial charge in [0.1, 0.15) is 6.61 Å². The molecule has 0 amide bonds. The minimum Gasteiger partial charge on any atom is -0.493 e. The molecule has 0 radical (unpaired) electrons. The molecule has 0 spiro atoms. The number of aliphatic hydroxyl groups is 1. The van der Waals surface area contributed by atoms with E-state index in [-0.39, 0.29) is 6.61 Å². The Kier molecular flexibility index (Phi) is 4.62. The molecule has 0 aliphatic heterocycles. The van der Waals surface area contributed by atoms with Crippen LogP contribution in [-0.4, -0.2) is 24.9 Å². The number of hydrogen-bond acceptors (Lipinski definition) is 3. The fraction of sp³-hybridized carbons (Fsp3) is 0.538. The largest absolute Gasteiger partial charge is 0.493 e. The number of aliphatic hydroxyl groups excluding tert-OH is 1. The molecule has 1 unspecified atom stereocenters. The molecule has 0 aliphatic rings. The lowest BCUT2D eigenvalue weighted by Gasteiger charge is -2.14. The van der Waals surface area contributed by atoms with E-state index < -0.39 is 6.10 Å². The van der Waals surface area contributed by atoms with Crippen molar-refractivity contribution in [3.8, 4) is 11.5 Å². The van der Waals surface area contributed by atoms with Crippen molar-refractivity contribution in [1.82, 2.24) is 0 Å². The zero-order valence-corrected chi connectivity index (χ0v) is 10.4. The number of methoxy groups -OCH3 is 1. The van der Waals surface area contributed by atoms with Gasteiger partial charge in [0.2, 0.25) is 0 Å². The number of hydrogen-bond donors (Lipinski definition) is 1. The third kappa shape index (κ3) is 3.42. The smallest absolute Gasteiger partial charge is 0.161 e. The van der Waals surface area contributed by atoms with Gasteiger partial charge in [0.15, 0.2) is 11.5 Å². The minimum absolute atomic E-state index is 0.275. The van der Waals surface area contributed by atoms with Gasteiger partial charge in [-0.1, -0.05) is 19.9 Å². The van der Waals surface area contributed by atoms with Crippen LogP contribution in [0.2, 0.25) is 0 Å². The Bertz CT molecular complexity index is 332. The molecule has 0 bridgehead atoms. The van der Waals surface area contributed by atoms with Gasteiger partial charge in [-0.15, -0.1) is 0 Å². The summed E-state index contributed by atoms with van der Waals surface area (Å²) in [4.78, 5) is 0. The Labute approximate surface area is 97.0 Å². The monoisotopic (exact) mass is 224 g/mol. The lowest BCUT2D eigenvalue weighted by atomic mass is 10.0. The standard InChI is InChI=1S/C13H20O3/c1-9(2)11-5-6-12(13(7-11)15-4)16-8-10(3)14/h5-7,9-10,14H,8H2,1-4H3. The lowest BCUT2D eigenvalue weighted by molar-refractivity contribution is 0.120. The van der Waals surface area contributed by atoms with E-state index in [1.807, 2.05) is 18.2 Å². The molecule has 3 heteroatoms. The first-order valence-electron chi connectivity index (χ1n) is 5.53. The van der Waals surface area contributed by atoms with Crippen LogP contribution in [0.5, 0.6) is 11.5 Å². The van der Waals surface area contributed by atoms with Crippen molar-refractivity contribution in [2.75, 3.05) is 13.7 Å². The Balaban J connectivity index is 2.84. The summed E-state index contributed by atoms with van der Waals surface area (Å²) in [7, 11) is 1.62. The molecule has 0 fully saturated rings.